The first-order chi connectivity index (χ1) is 5.68. The second-order valence-electron chi connectivity index (χ2n) is 2.27. The van der Waals surface area contributed by atoms with Crippen molar-refractivity contribution in [1.29, 1.82) is 0 Å². The molecule has 0 bridgehead atoms. The van der Waals surface area contributed by atoms with E-state index in [4.69, 9.17) is 10.5 Å². The highest BCUT2D eigenvalue weighted by atomic mass is 19.3. The van der Waals surface area contributed by atoms with Crippen molar-refractivity contribution < 1.29 is 13.5 Å². The highest BCUT2D eigenvalue weighted by molar-refractivity contribution is 5.41. The third kappa shape index (κ3) is 2.74. The zero-order valence-corrected chi connectivity index (χ0v) is 6.34. The van der Waals surface area contributed by atoms with Crippen LogP contribution in [-0.4, -0.2) is 13.0 Å². The van der Waals surface area contributed by atoms with E-state index < -0.39 is 13.0 Å². The maximum absolute atomic E-state index is 11.7. The topological polar surface area (TPSA) is 35.2 Å². The molecule has 0 radical (unpaired) electrons. The Bertz CT molecular complexity index is 235. The molecule has 0 amide bonds. The second-order valence-corrected chi connectivity index (χ2v) is 2.27. The van der Waals surface area contributed by atoms with Crippen molar-refractivity contribution in [2.75, 3.05) is 12.3 Å². The van der Waals surface area contributed by atoms with Gasteiger partial charge in [0.2, 0.25) is 0 Å². The first kappa shape index (κ1) is 8.77. The van der Waals surface area contributed by atoms with E-state index >= 15 is 0 Å². The van der Waals surface area contributed by atoms with Crippen molar-refractivity contribution in [2.45, 2.75) is 6.43 Å². The summed E-state index contributed by atoms with van der Waals surface area (Å²) >= 11 is 0. The second kappa shape index (κ2) is 3.90. The number of halogens is 2. The van der Waals surface area contributed by atoms with E-state index in [1.54, 1.807) is 24.3 Å². The van der Waals surface area contributed by atoms with Crippen LogP contribution >= 0.6 is 0 Å². The Morgan fingerprint density at radius 2 is 1.83 bits per heavy atom. The van der Waals surface area contributed by atoms with Crippen LogP contribution in [0.2, 0.25) is 0 Å². The summed E-state index contributed by atoms with van der Waals surface area (Å²) in [5.74, 6) is 0.407. The zero-order valence-electron chi connectivity index (χ0n) is 6.34. The fourth-order valence-electron chi connectivity index (χ4n) is 0.723. The maximum atomic E-state index is 11.7. The lowest BCUT2D eigenvalue weighted by Crippen LogP contribution is -2.06. The summed E-state index contributed by atoms with van der Waals surface area (Å²) in [6.07, 6.45) is -2.44. The van der Waals surface area contributed by atoms with E-state index in [0.29, 0.717) is 11.4 Å². The Morgan fingerprint density at radius 1 is 1.25 bits per heavy atom. The normalized spacial score (nSPS) is 10.2. The van der Waals surface area contributed by atoms with Crippen LogP contribution < -0.4 is 10.5 Å². The van der Waals surface area contributed by atoms with Gasteiger partial charge < -0.3 is 10.5 Å². The Morgan fingerprint density at radius 3 is 2.33 bits per heavy atom. The molecule has 66 valence electrons. The van der Waals surface area contributed by atoms with Crippen LogP contribution in [0.3, 0.4) is 0 Å². The largest absolute Gasteiger partial charge is 0.488 e. The molecule has 2 N–H and O–H groups in total. The van der Waals surface area contributed by atoms with Gasteiger partial charge in [-0.05, 0) is 24.3 Å². The molecule has 0 spiro atoms. The predicted molar refractivity (Wildman–Crippen MR) is 42.4 cm³/mol. The molecule has 2 nitrogen and oxygen atoms in total. The van der Waals surface area contributed by atoms with Crippen LogP contribution in [0, 0.1) is 0 Å². The third-order valence-electron chi connectivity index (χ3n) is 1.26. The van der Waals surface area contributed by atoms with Crippen molar-refractivity contribution >= 4 is 5.69 Å². The first-order valence-corrected chi connectivity index (χ1v) is 3.45. The highest BCUT2D eigenvalue weighted by Gasteiger charge is 2.02. The van der Waals surface area contributed by atoms with Crippen molar-refractivity contribution in [2.24, 2.45) is 0 Å². The molecule has 0 aromatic heterocycles. The molecule has 0 atom stereocenters. The minimum absolute atomic E-state index is 0.407. The van der Waals surface area contributed by atoms with Crippen LogP contribution in [0.1, 0.15) is 0 Å². The number of rotatable bonds is 3. The zero-order chi connectivity index (χ0) is 8.97. The maximum Gasteiger partial charge on any atom is 0.272 e. The van der Waals surface area contributed by atoms with Crippen LogP contribution in [0.5, 0.6) is 5.75 Å². The van der Waals surface area contributed by atoms with E-state index in [1.165, 1.54) is 0 Å². The monoisotopic (exact) mass is 173 g/mol. The number of nitrogens with two attached hydrogens (primary N) is 1. The van der Waals surface area contributed by atoms with Gasteiger partial charge in [0.05, 0.1) is 0 Å². The molecule has 12 heavy (non-hydrogen) atoms. The van der Waals surface area contributed by atoms with Gasteiger partial charge in [0, 0.05) is 5.69 Å². The molecular formula is C8H9F2NO. The summed E-state index contributed by atoms with van der Waals surface area (Å²) in [7, 11) is 0. The summed E-state index contributed by atoms with van der Waals surface area (Å²) in [5, 5.41) is 0. The minimum Gasteiger partial charge on any atom is -0.488 e. The lowest BCUT2D eigenvalue weighted by atomic mass is 10.3. The summed E-state index contributed by atoms with van der Waals surface area (Å²) in [5.41, 5.74) is 5.96. The molecule has 0 aliphatic heterocycles. The Hall–Kier alpha value is -1.32. The molecule has 4 heteroatoms. The standard InChI is InChI=1S/C8H9F2NO/c9-8(10)5-12-7-3-1-6(11)2-4-7/h1-4,8H,5,11H2. The van der Waals surface area contributed by atoms with E-state index in [-0.39, 0.29) is 0 Å². The fraction of sp³-hybridized carbons (Fsp3) is 0.250. The van der Waals surface area contributed by atoms with Crippen LogP contribution in [-0.2, 0) is 0 Å². The summed E-state index contributed by atoms with van der Waals surface area (Å²) < 4.78 is 28.0. The number of benzene rings is 1. The van der Waals surface area contributed by atoms with Gasteiger partial charge in [0.15, 0.2) is 0 Å². The van der Waals surface area contributed by atoms with E-state index in [1.807, 2.05) is 0 Å². The molecule has 0 saturated carbocycles. The minimum atomic E-state index is -2.44. The molecule has 0 fully saturated rings. The highest BCUT2D eigenvalue weighted by Crippen LogP contribution is 2.13. The molecule has 0 aliphatic carbocycles. The lowest BCUT2D eigenvalue weighted by molar-refractivity contribution is 0.0819. The van der Waals surface area contributed by atoms with Crippen LogP contribution in [0.15, 0.2) is 24.3 Å². The van der Waals surface area contributed by atoms with Crippen molar-refractivity contribution in [1.82, 2.24) is 0 Å². The fourth-order valence-corrected chi connectivity index (χ4v) is 0.723. The van der Waals surface area contributed by atoms with Gasteiger partial charge in [-0.3, -0.25) is 0 Å². The summed E-state index contributed by atoms with van der Waals surface area (Å²) in [4.78, 5) is 0. The predicted octanol–water partition coefficient (Wildman–Crippen LogP) is 1.91. The van der Waals surface area contributed by atoms with Crippen LogP contribution in [0.25, 0.3) is 0 Å². The number of hydrogen-bond acceptors (Lipinski definition) is 2. The van der Waals surface area contributed by atoms with Gasteiger partial charge in [-0.25, -0.2) is 8.78 Å². The van der Waals surface area contributed by atoms with Gasteiger partial charge in [0.1, 0.15) is 12.4 Å². The average molecular weight is 173 g/mol. The third-order valence-corrected chi connectivity index (χ3v) is 1.26. The summed E-state index contributed by atoms with van der Waals surface area (Å²) in [6.45, 7) is -0.579. The number of ether oxygens (including phenoxy) is 1. The van der Waals surface area contributed by atoms with E-state index in [0.717, 1.165) is 0 Å². The van der Waals surface area contributed by atoms with E-state index in [9.17, 15) is 8.78 Å². The molecular weight excluding hydrogens is 164 g/mol. The molecule has 1 aromatic carbocycles. The van der Waals surface area contributed by atoms with Crippen molar-refractivity contribution in [3.63, 3.8) is 0 Å². The first-order valence-electron chi connectivity index (χ1n) is 3.45. The number of alkyl halides is 2. The van der Waals surface area contributed by atoms with Gasteiger partial charge in [-0.15, -0.1) is 0 Å². The van der Waals surface area contributed by atoms with Crippen molar-refractivity contribution in [3.05, 3.63) is 24.3 Å². The van der Waals surface area contributed by atoms with Gasteiger partial charge >= 0.3 is 0 Å². The molecule has 0 unspecified atom stereocenters. The molecule has 1 rings (SSSR count). The molecule has 0 aliphatic rings. The Balaban J connectivity index is 2.48. The molecule has 0 saturated heterocycles. The lowest BCUT2D eigenvalue weighted by Gasteiger charge is -2.04. The quantitative estimate of drug-likeness (QED) is 0.708. The summed E-state index contributed by atoms with van der Waals surface area (Å²) in [6, 6.07) is 6.30. The van der Waals surface area contributed by atoms with E-state index in [2.05, 4.69) is 0 Å². The number of nitrogen functional groups attached to an aromatic ring is 1. The van der Waals surface area contributed by atoms with Gasteiger partial charge in [0.25, 0.3) is 6.43 Å². The number of hydrogen-bond donors (Lipinski definition) is 1. The van der Waals surface area contributed by atoms with Gasteiger partial charge in [-0.2, -0.15) is 0 Å². The number of anilines is 1. The smallest absolute Gasteiger partial charge is 0.272 e. The Labute approximate surface area is 68.9 Å². The Kier molecular flexibility index (Phi) is 2.85. The SMILES string of the molecule is Nc1ccc(OCC(F)F)cc1. The molecule has 1 aromatic rings. The average Bonchev–Trinajstić information content (AvgIpc) is 2.03. The molecule has 0 heterocycles. The van der Waals surface area contributed by atoms with Crippen molar-refractivity contribution in [3.8, 4) is 5.75 Å². The van der Waals surface area contributed by atoms with Gasteiger partial charge in [-0.1, -0.05) is 0 Å². The van der Waals surface area contributed by atoms with Crippen LogP contribution in [0.4, 0.5) is 14.5 Å².